The minimum absolute atomic E-state index is 0. The van der Waals surface area contributed by atoms with Gasteiger partial charge in [0.1, 0.15) is 0 Å². The molecule has 0 saturated carbocycles. The molecule has 32 heavy (non-hydrogen) atoms. The number of nitrogens with zero attached hydrogens (tertiary/aromatic N) is 2. The fourth-order valence-electron chi connectivity index (χ4n) is 3.63. The maximum Gasteiger partial charge on any atom is 0.251 e. The molecular formula is C24H42IN5O2. The zero-order valence-corrected chi connectivity index (χ0v) is 22.6. The number of amides is 1. The molecule has 2 rings (SSSR count). The van der Waals surface area contributed by atoms with Crippen molar-refractivity contribution in [2.75, 3.05) is 39.4 Å². The van der Waals surface area contributed by atoms with Gasteiger partial charge in [-0.15, -0.1) is 24.0 Å². The number of hydrogen-bond acceptors (Lipinski definition) is 4. The van der Waals surface area contributed by atoms with E-state index in [1.54, 1.807) is 0 Å². The van der Waals surface area contributed by atoms with Crippen LogP contribution >= 0.6 is 24.0 Å². The second kappa shape index (κ2) is 15.4. The summed E-state index contributed by atoms with van der Waals surface area (Å²) in [6.07, 6.45) is 0.912. The molecule has 1 saturated heterocycles. The van der Waals surface area contributed by atoms with Gasteiger partial charge >= 0.3 is 0 Å². The molecule has 8 heteroatoms. The Balaban J connectivity index is 0.00000512. The molecule has 182 valence electrons. The lowest BCUT2D eigenvalue weighted by molar-refractivity contribution is 0.00752. The Kier molecular flexibility index (Phi) is 13.8. The van der Waals surface area contributed by atoms with E-state index in [1.165, 1.54) is 0 Å². The van der Waals surface area contributed by atoms with Crippen molar-refractivity contribution in [3.63, 3.8) is 0 Å². The van der Waals surface area contributed by atoms with Crippen LogP contribution in [-0.2, 0) is 11.3 Å². The van der Waals surface area contributed by atoms with Crippen LogP contribution < -0.4 is 16.0 Å². The van der Waals surface area contributed by atoms with Gasteiger partial charge < -0.3 is 20.7 Å². The first kappa shape index (κ1) is 28.6. The summed E-state index contributed by atoms with van der Waals surface area (Å²) in [5.74, 6) is 1.31. The Morgan fingerprint density at radius 3 is 2.50 bits per heavy atom. The van der Waals surface area contributed by atoms with Gasteiger partial charge in [-0.25, -0.2) is 4.99 Å². The van der Waals surface area contributed by atoms with E-state index in [2.05, 4.69) is 48.5 Å². The number of carbonyl (C=O) groups excluding carboxylic acids is 1. The fourth-order valence-corrected chi connectivity index (χ4v) is 3.63. The Hall–Kier alpha value is -1.39. The van der Waals surface area contributed by atoms with E-state index >= 15 is 0 Å². The summed E-state index contributed by atoms with van der Waals surface area (Å²) in [4.78, 5) is 19.7. The van der Waals surface area contributed by atoms with Crippen molar-refractivity contribution in [3.8, 4) is 0 Å². The minimum atomic E-state index is -0.0319. The third-order valence-electron chi connectivity index (χ3n) is 5.71. The quantitative estimate of drug-likeness (QED) is 0.233. The molecule has 1 aromatic carbocycles. The van der Waals surface area contributed by atoms with E-state index in [0.717, 1.165) is 57.3 Å². The minimum Gasteiger partial charge on any atom is -0.379 e. The summed E-state index contributed by atoms with van der Waals surface area (Å²) in [5.41, 5.74) is 1.70. The van der Waals surface area contributed by atoms with E-state index in [0.29, 0.717) is 24.1 Å². The highest BCUT2D eigenvalue weighted by atomic mass is 127. The van der Waals surface area contributed by atoms with E-state index in [1.807, 2.05) is 31.2 Å². The van der Waals surface area contributed by atoms with Gasteiger partial charge in [-0.05, 0) is 43.9 Å². The molecule has 1 amide bonds. The number of rotatable bonds is 10. The van der Waals surface area contributed by atoms with Gasteiger partial charge in [0, 0.05) is 43.8 Å². The van der Waals surface area contributed by atoms with Crippen molar-refractivity contribution in [3.05, 3.63) is 35.4 Å². The molecule has 1 aromatic rings. The smallest absolute Gasteiger partial charge is 0.251 e. The Bertz CT molecular complexity index is 707. The normalized spacial score (nSPS) is 16.8. The van der Waals surface area contributed by atoms with Crippen molar-refractivity contribution >= 4 is 35.8 Å². The second-order valence-electron chi connectivity index (χ2n) is 8.52. The SMILES string of the molecule is CCNC(=NCc1cccc(C(=O)NC(C)CC)c1)NCC(C(C)C)N1CCOCC1.I. The first-order chi connectivity index (χ1) is 14.9. The van der Waals surface area contributed by atoms with E-state index in [4.69, 9.17) is 9.73 Å². The molecule has 1 heterocycles. The van der Waals surface area contributed by atoms with Crippen molar-refractivity contribution in [1.29, 1.82) is 0 Å². The van der Waals surface area contributed by atoms with Crippen LogP contribution in [0.4, 0.5) is 0 Å². The third kappa shape index (κ3) is 9.62. The standard InChI is InChI=1S/C24H41N5O2.HI/c1-6-19(5)28-23(30)21-10-8-9-20(15-21)16-26-24(25-7-2)27-17-22(18(3)4)29-11-13-31-14-12-29;/h8-10,15,18-19,22H,6-7,11-14,16-17H2,1-5H3,(H,28,30)(H2,25,26,27);1H. The predicted octanol–water partition coefficient (Wildman–Crippen LogP) is 3.24. The number of halogens is 1. The molecule has 1 aliphatic rings. The van der Waals surface area contributed by atoms with E-state index in [-0.39, 0.29) is 35.9 Å². The topological polar surface area (TPSA) is 78.0 Å². The van der Waals surface area contributed by atoms with E-state index < -0.39 is 0 Å². The van der Waals surface area contributed by atoms with Crippen LogP contribution in [0.3, 0.4) is 0 Å². The van der Waals surface area contributed by atoms with Crippen LogP contribution in [0, 0.1) is 5.92 Å². The first-order valence-electron chi connectivity index (χ1n) is 11.7. The van der Waals surface area contributed by atoms with Crippen molar-refractivity contribution in [1.82, 2.24) is 20.9 Å². The molecular weight excluding hydrogens is 517 g/mol. The average Bonchev–Trinajstić information content (AvgIpc) is 2.78. The largest absolute Gasteiger partial charge is 0.379 e. The molecule has 0 aromatic heterocycles. The van der Waals surface area contributed by atoms with Gasteiger partial charge in [-0.3, -0.25) is 9.69 Å². The number of carbonyl (C=O) groups is 1. The van der Waals surface area contributed by atoms with Crippen molar-refractivity contribution in [2.45, 2.75) is 59.7 Å². The predicted molar refractivity (Wildman–Crippen MR) is 143 cm³/mol. The van der Waals surface area contributed by atoms with Gasteiger partial charge in [0.25, 0.3) is 5.91 Å². The number of hydrogen-bond donors (Lipinski definition) is 3. The van der Waals surface area contributed by atoms with Gasteiger partial charge in [0.15, 0.2) is 5.96 Å². The van der Waals surface area contributed by atoms with Crippen molar-refractivity contribution in [2.24, 2.45) is 10.9 Å². The van der Waals surface area contributed by atoms with Crippen molar-refractivity contribution < 1.29 is 9.53 Å². The summed E-state index contributed by atoms with van der Waals surface area (Å²) in [5, 5.41) is 9.88. The Labute approximate surface area is 211 Å². The van der Waals surface area contributed by atoms with Gasteiger partial charge in [0.05, 0.1) is 19.8 Å². The number of guanidine groups is 1. The molecule has 2 atom stereocenters. The number of morpholine rings is 1. The lowest BCUT2D eigenvalue weighted by atomic mass is 10.0. The maximum absolute atomic E-state index is 12.4. The average molecular weight is 560 g/mol. The highest BCUT2D eigenvalue weighted by Gasteiger charge is 2.23. The molecule has 1 aliphatic heterocycles. The summed E-state index contributed by atoms with van der Waals surface area (Å²) in [6, 6.07) is 8.31. The summed E-state index contributed by atoms with van der Waals surface area (Å²) >= 11 is 0. The molecule has 3 N–H and O–H groups in total. The van der Waals surface area contributed by atoms with Crippen LogP contribution in [0.5, 0.6) is 0 Å². The molecule has 0 radical (unpaired) electrons. The summed E-state index contributed by atoms with van der Waals surface area (Å²) in [6.45, 7) is 16.4. The molecule has 7 nitrogen and oxygen atoms in total. The van der Waals surface area contributed by atoms with Gasteiger partial charge in [-0.2, -0.15) is 0 Å². The fraction of sp³-hybridized carbons (Fsp3) is 0.667. The van der Waals surface area contributed by atoms with Crippen LogP contribution in [0.15, 0.2) is 29.3 Å². The zero-order valence-electron chi connectivity index (χ0n) is 20.3. The van der Waals surface area contributed by atoms with E-state index in [9.17, 15) is 4.79 Å². The molecule has 0 aliphatic carbocycles. The summed E-state index contributed by atoms with van der Waals surface area (Å²) in [7, 11) is 0. The monoisotopic (exact) mass is 559 g/mol. The lowest BCUT2D eigenvalue weighted by Crippen LogP contribution is -2.52. The van der Waals surface area contributed by atoms with Crippen LogP contribution in [0.25, 0.3) is 0 Å². The molecule has 0 spiro atoms. The van der Waals surface area contributed by atoms with Gasteiger partial charge in [0.2, 0.25) is 0 Å². The highest BCUT2D eigenvalue weighted by Crippen LogP contribution is 2.12. The first-order valence-corrected chi connectivity index (χ1v) is 11.7. The summed E-state index contributed by atoms with van der Waals surface area (Å²) < 4.78 is 5.51. The Morgan fingerprint density at radius 2 is 1.88 bits per heavy atom. The highest BCUT2D eigenvalue weighted by molar-refractivity contribution is 14.0. The molecule has 1 fully saturated rings. The van der Waals surface area contributed by atoms with Crippen LogP contribution in [0.2, 0.25) is 0 Å². The number of ether oxygens (including phenoxy) is 1. The lowest BCUT2D eigenvalue weighted by Gasteiger charge is -2.37. The second-order valence-corrected chi connectivity index (χ2v) is 8.52. The maximum atomic E-state index is 12.4. The molecule has 0 bridgehead atoms. The van der Waals surface area contributed by atoms with Crippen LogP contribution in [-0.4, -0.2) is 68.2 Å². The Morgan fingerprint density at radius 1 is 1.16 bits per heavy atom. The number of aliphatic imine (C=N–C) groups is 1. The van der Waals surface area contributed by atoms with Gasteiger partial charge in [-0.1, -0.05) is 32.9 Å². The molecule has 2 unspecified atom stereocenters. The van der Waals surface area contributed by atoms with Crippen LogP contribution in [0.1, 0.15) is 57.0 Å². The zero-order chi connectivity index (χ0) is 22.6. The number of benzene rings is 1. The number of nitrogens with one attached hydrogen (secondary N) is 3. The third-order valence-corrected chi connectivity index (χ3v) is 5.71.